The lowest BCUT2D eigenvalue weighted by atomic mass is 10.1. The number of amidine groups is 1. The average Bonchev–Trinajstić information content (AvgIpc) is 2.60. The fraction of sp³-hybridized carbons (Fsp3) is 0.211. The highest BCUT2D eigenvalue weighted by Gasteiger charge is 2.21. The van der Waals surface area contributed by atoms with Gasteiger partial charge < -0.3 is 25.8 Å². The Kier molecular flexibility index (Phi) is 5.25. The lowest BCUT2D eigenvalue weighted by Crippen LogP contribution is -2.41. The summed E-state index contributed by atoms with van der Waals surface area (Å²) in [4.78, 5) is 25.9. The van der Waals surface area contributed by atoms with E-state index < -0.39 is 5.91 Å². The van der Waals surface area contributed by atoms with E-state index in [9.17, 15) is 14.7 Å². The number of hydrogen-bond acceptors (Lipinski definition) is 5. The van der Waals surface area contributed by atoms with Crippen molar-refractivity contribution in [2.45, 2.75) is 6.42 Å². The Morgan fingerprint density at radius 3 is 2.41 bits per heavy atom. The highest BCUT2D eigenvalue weighted by molar-refractivity contribution is 5.97. The van der Waals surface area contributed by atoms with Crippen LogP contribution >= 0.6 is 0 Å². The number of carbonyl (C=O) groups is 2. The van der Waals surface area contributed by atoms with Gasteiger partial charge in [0.2, 0.25) is 0 Å². The van der Waals surface area contributed by atoms with E-state index in [1.54, 1.807) is 29.2 Å². The summed E-state index contributed by atoms with van der Waals surface area (Å²) in [7, 11) is 0. The number of nitrogens with zero attached hydrogens (tertiary/aromatic N) is 1. The lowest BCUT2D eigenvalue weighted by Gasteiger charge is -2.30. The molecule has 0 radical (unpaired) electrons. The van der Waals surface area contributed by atoms with Crippen LogP contribution in [-0.4, -0.2) is 47.4 Å². The molecule has 1 aliphatic heterocycles. The molecule has 0 bridgehead atoms. The molecule has 0 aliphatic carbocycles. The minimum absolute atomic E-state index is 0.0108. The van der Waals surface area contributed by atoms with Crippen LogP contribution in [0.25, 0.3) is 0 Å². The van der Waals surface area contributed by atoms with Crippen LogP contribution < -0.4 is 15.8 Å². The fourth-order valence-corrected chi connectivity index (χ4v) is 2.54. The van der Waals surface area contributed by atoms with Crippen molar-refractivity contribution < 1.29 is 19.4 Å². The molecule has 3 rings (SSSR count). The van der Waals surface area contributed by atoms with Gasteiger partial charge in [-0.05, 0) is 48.9 Å². The van der Waals surface area contributed by atoms with E-state index >= 15 is 0 Å². The number of carbonyl (C=O) groups excluding carboxylic acids is 2. The van der Waals surface area contributed by atoms with E-state index in [1.807, 2.05) is 0 Å². The van der Waals surface area contributed by atoms with Crippen molar-refractivity contribution >= 4 is 23.3 Å². The van der Waals surface area contributed by atoms with E-state index in [4.69, 9.17) is 15.9 Å². The van der Waals surface area contributed by atoms with E-state index in [0.29, 0.717) is 16.8 Å². The lowest BCUT2D eigenvalue weighted by molar-refractivity contribution is -0.118. The number of phenolic OH excluding ortho intramolecular Hbond substituents is 1. The van der Waals surface area contributed by atoms with Gasteiger partial charge in [0.15, 0.2) is 18.1 Å². The summed E-state index contributed by atoms with van der Waals surface area (Å²) in [6.45, 7) is 1.24. The minimum atomic E-state index is -0.426. The molecule has 1 aliphatic rings. The summed E-state index contributed by atoms with van der Waals surface area (Å²) in [5, 5.41) is 19.8. The number of nitrogen functional groups attached to an aromatic ring is 1. The first-order chi connectivity index (χ1) is 12.9. The van der Waals surface area contributed by atoms with Gasteiger partial charge in [-0.15, -0.1) is 0 Å². The first-order valence-electron chi connectivity index (χ1n) is 8.43. The third kappa shape index (κ3) is 4.35. The molecule has 8 heteroatoms. The van der Waals surface area contributed by atoms with Crippen LogP contribution in [0.3, 0.4) is 0 Å². The monoisotopic (exact) mass is 368 g/mol. The minimum Gasteiger partial charge on any atom is -0.504 e. The zero-order valence-electron chi connectivity index (χ0n) is 14.6. The zero-order chi connectivity index (χ0) is 19.4. The Labute approximate surface area is 156 Å². The molecule has 0 atom stereocenters. The number of aromatic hydroxyl groups is 1. The molecule has 2 aromatic carbocycles. The maximum absolute atomic E-state index is 12.1. The van der Waals surface area contributed by atoms with Gasteiger partial charge in [0.05, 0.1) is 0 Å². The molecule has 5 N–H and O–H groups in total. The number of likely N-dealkylation sites (tertiary alicyclic amines) is 1. The second-order valence-electron chi connectivity index (χ2n) is 6.16. The van der Waals surface area contributed by atoms with Gasteiger partial charge in [-0.2, -0.15) is 0 Å². The van der Waals surface area contributed by atoms with Gasteiger partial charge in [-0.1, -0.05) is 0 Å². The second kappa shape index (κ2) is 7.77. The highest BCUT2D eigenvalue weighted by Crippen LogP contribution is 2.26. The first-order valence-corrected chi connectivity index (χ1v) is 8.43. The molecular formula is C19H20N4O4. The number of nitrogens with two attached hydrogens (primary N) is 1. The van der Waals surface area contributed by atoms with Gasteiger partial charge in [0.1, 0.15) is 5.84 Å². The van der Waals surface area contributed by atoms with Crippen LogP contribution in [0.2, 0.25) is 0 Å². The van der Waals surface area contributed by atoms with Gasteiger partial charge in [-0.3, -0.25) is 15.0 Å². The van der Waals surface area contributed by atoms with E-state index in [2.05, 4.69) is 5.32 Å². The molecule has 27 heavy (non-hydrogen) atoms. The van der Waals surface area contributed by atoms with E-state index in [1.165, 1.54) is 18.2 Å². The molecule has 2 amide bonds. The number of benzene rings is 2. The van der Waals surface area contributed by atoms with Gasteiger partial charge in [-0.25, -0.2) is 0 Å². The molecule has 0 aromatic heterocycles. The Morgan fingerprint density at radius 1 is 1.15 bits per heavy atom. The number of rotatable bonds is 6. The molecule has 0 spiro atoms. The summed E-state index contributed by atoms with van der Waals surface area (Å²) in [5.74, 6) is -0.695. The van der Waals surface area contributed by atoms with Crippen molar-refractivity contribution in [2.24, 2.45) is 5.73 Å². The number of nitrogens with one attached hydrogen (secondary N) is 2. The summed E-state index contributed by atoms with van der Waals surface area (Å²) in [6, 6.07) is 10.8. The van der Waals surface area contributed by atoms with E-state index in [0.717, 1.165) is 19.5 Å². The normalized spacial score (nSPS) is 12.8. The molecule has 0 saturated carbocycles. The predicted molar refractivity (Wildman–Crippen MR) is 100 cm³/mol. The summed E-state index contributed by atoms with van der Waals surface area (Å²) < 4.78 is 5.30. The molecule has 1 saturated heterocycles. The highest BCUT2D eigenvalue weighted by atomic mass is 16.5. The fourth-order valence-electron chi connectivity index (χ4n) is 2.54. The van der Waals surface area contributed by atoms with Crippen LogP contribution in [0, 0.1) is 5.41 Å². The maximum Gasteiger partial charge on any atom is 0.262 e. The summed E-state index contributed by atoms with van der Waals surface area (Å²) in [5.41, 5.74) is 6.89. The molecule has 1 fully saturated rings. The third-order valence-electron chi connectivity index (χ3n) is 4.19. The van der Waals surface area contributed by atoms with Gasteiger partial charge in [0.25, 0.3) is 11.8 Å². The van der Waals surface area contributed by atoms with E-state index in [-0.39, 0.29) is 29.8 Å². The van der Waals surface area contributed by atoms with Crippen LogP contribution in [0.4, 0.5) is 5.69 Å². The van der Waals surface area contributed by atoms with Crippen LogP contribution in [0.5, 0.6) is 11.5 Å². The van der Waals surface area contributed by atoms with Crippen molar-refractivity contribution in [3.05, 3.63) is 53.6 Å². The zero-order valence-corrected chi connectivity index (χ0v) is 14.6. The number of anilines is 1. The number of amides is 2. The summed E-state index contributed by atoms with van der Waals surface area (Å²) in [6.07, 6.45) is 1.03. The van der Waals surface area contributed by atoms with Crippen LogP contribution in [0.15, 0.2) is 42.5 Å². The number of hydrogen-bond donors (Lipinski definition) is 4. The van der Waals surface area contributed by atoms with Gasteiger partial charge >= 0.3 is 0 Å². The quantitative estimate of drug-likeness (QED) is 0.454. The van der Waals surface area contributed by atoms with Crippen molar-refractivity contribution in [1.29, 1.82) is 5.41 Å². The Hall–Kier alpha value is -3.55. The maximum atomic E-state index is 12.1. The van der Waals surface area contributed by atoms with Crippen LogP contribution in [-0.2, 0) is 4.79 Å². The average molecular weight is 368 g/mol. The molecule has 8 nitrogen and oxygen atoms in total. The van der Waals surface area contributed by atoms with Crippen LogP contribution in [0.1, 0.15) is 22.3 Å². The largest absolute Gasteiger partial charge is 0.504 e. The second-order valence-corrected chi connectivity index (χ2v) is 6.16. The number of phenols is 1. The predicted octanol–water partition coefficient (Wildman–Crippen LogP) is 1.54. The molecule has 140 valence electrons. The van der Waals surface area contributed by atoms with Crippen molar-refractivity contribution in [1.82, 2.24) is 4.90 Å². The van der Waals surface area contributed by atoms with Crippen molar-refractivity contribution in [3.63, 3.8) is 0 Å². The topological polar surface area (TPSA) is 129 Å². The third-order valence-corrected chi connectivity index (χ3v) is 4.19. The van der Waals surface area contributed by atoms with Gasteiger partial charge in [0, 0.05) is 29.9 Å². The Morgan fingerprint density at radius 2 is 1.81 bits per heavy atom. The SMILES string of the molecule is N=C(N)c1ccc(O)c(OCC(=O)Nc2ccc(C(=O)N3CCC3)cc2)c1. The smallest absolute Gasteiger partial charge is 0.262 e. The first kappa shape index (κ1) is 18.2. The Bertz CT molecular complexity index is 876. The van der Waals surface area contributed by atoms with Crippen molar-refractivity contribution in [2.75, 3.05) is 25.0 Å². The number of ether oxygens (including phenoxy) is 1. The summed E-state index contributed by atoms with van der Waals surface area (Å²) >= 11 is 0. The molecule has 2 aromatic rings. The van der Waals surface area contributed by atoms with Crippen molar-refractivity contribution in [3.8, 4) is 11.5 Å². The Balaban J connectivity index is 1.55. The molecular weight excluding hydrogens is 348 g/mol. The molecule has 0 unspecified atom stereocenters. The molecule has 1 heterocycles. The standard InChI is InChI=1S/C19H20N4O4/c20-18(21)13-4-7-15(24)16(10-13)27-11-17(25)22-14-5-2-12(3-6-14)19(26)23-8-1-9-23/h2-7,10,24H,1,8-9,11H2,(H3,20,21)(H,22,25).